The molecule has 0 saturated carbocycles. The van der Waals surface area contributed by atoms with Crippen LogP contribution in [0.5, 0.6) is 0 Å². The fraction of sp³-hybridized carbons (Fsp3) is 0. The van der Waals surface area contributed by atoms with Gasteiger partial charge in [0.25, 0.3) is 0 Å². The second-order valence-electron chi connectivity index (χ2n) is 1.76. The van der Waals surface area contributed by atoms with Crippen molar-refractivity contribution < 1.29 is 13.4 Å². The van der Waals surface area contributed by atoms with Crippen LogP contribution in [0.2, 0.25) is 0 Å². The molecule has 0 radical (unpaired) electrons. The van der Waals surface area contributed by atoms with E-state index in [1.807, 2.05) is 0 Å². The van der Waals surface area contributed by atoms with Gasteiger partial charge in [-0.1, -0.05) is 0 Å². The van der Waals surface area contributed by atoms with E-state index in [9.17, 15) is 9.59 Å². The summed E-state index contributed by atoms with van der Waals surface area (Å²) in [6.07, 6.45) is 1.07. The molecule has 0 spiro atoms. The molecule has 0 fully saturated rings. The zero-order valence-corrected chi connectivity index (χ0v) is 5.07. The summed E-state index contributed by atoms with van der Waals surface area (Å²) in [5.41, 5.74) is -2.25. The lowest BCUT2D eigenvalue weighted by atomic mass is 10.7. The zero-order chi connectivity index (χ0) is 7.84. The maximum Gasteiger partial charge on any atom is 0.424 e. The summed E-state index contributed by atoms with van der Waals surface area (Å²) >= 11 is 0. The monoisotopic (exact) mass is 155 g/mol. The molecule has 2 heterocycles. The lowest BCUT2D eigenvalue weighted by Crippen LogP contribution is -2.20. The highest BCUT2D eigenvalue weighted by Gasteiger charge is 2.06. The second kappa shape index (κ2) is 1.82. The van der Waals surface area contributed by atoms with Crippen LogP contribution >= 0.6 is 0 Å². The van der Waals surface area contributed by atoms with Crippen LogP contribution in [0.25, 0.3) is 11.3 Å². The number of nitrogens with zero attached hydrogens (tertiary/aromatic N) is 1. The number of aromatic nitrogens is 1. The largest absolute Gasteiger partial charge is 0.424 e. The van der Waals surface area contributed by atoms with Gasteiger partial charge in [-0.05, 0) is 5.16 Å². The van der Waals surface area contributed by atoms with Gasteiger partial charge in [0.05, 0.1) is 0 Å². The first-order valence-electron chi connectivity index (χ1n) is 2.66. The van der Waals surface area contributed by atoms with E-state index in [4.69, 9.17) is 0 Å². The van der Waals surface area contributed by atoms with E-state index in [1.54, 1.807) is 0 Å². The van der Waals surface area contributed by atoms with Gasteiger partial charge in [-0.25, -0.2) is 9.59 Å². The van der Waals surface area contributed by atoms with Crippen molar-refractivity contribution in [2.24, 2.45) is 0 Å². The third kappa shape index (κ3) is 0.759. The molecule has 0 atom stereocenters. The van der Waals surface area contributed by atoms with Gasteiger partial charge in [-0.3, -0.25) is 0 Å². The highest BCUT2D eigenvalue weighted by atomic mass is 16.5. The number of hydrogen-bond acceptors (Lipinski definition) is 6. The molecule has 11 heavy (non-hydrogen) atoms. The summed E-state index contributed by atoms with van der Waals surface area (Å²) in [7, 11) is 0. The quantitative estimate of drug-likeness (QED) is 0.487. The standard InChI is InChI=1S/C5HNO5/c7-4-5(8)11-3-2(10-4)1-9-6-3/h1H. The first kappa shape index (κ1) is 5.90. The minimum atomic E-state index is -1.09. The fourth-order valence-electron chi connectivity index (χ4n) is 0.625. The van der Waals surface area contributed by atoms with E-state index in [0.29, 0.717) is 0 Å². The van der Waals surface area contributed by atoms with Crippen molar-refractivity contribution in [3.63, 3.8) is 0 Å². The van der Waals surface area contributed by atoms with E-state index in [1.165, 1.54) is 0 Å². The molecule has 0 bridgehead atoms. The Morgan fingerprint density at radius 3 is 2.73 bits per heavy atom. The van der Waals surface area contributed by atoms with Gasteiger partial charge < -0.3 is 13.4 Å². The minimum absolute atomic E-state index is 0.0228. The van der Waals surface area contributed by atoms with Crippen LogP contribution in [0.3, 0.4) is 0 Å². The average molecular weight is 155 g/mol. The zero-order valence-electron chi connectivity index (χ0n) is 5.07. The molecule has 2 aromatic rings. The van der Waals surface area contributed by atoms with Gasteiger partial charge in [0.2, 0.25) is 5.58 Å². The Kier molecular flexibility index (Phi) is 0.974. The first-order valence-corrected chi connectivity index (χ1v) is 2.66. The lowest BCUT2D eigenvalue weighted by Gasteiger charge is -1.78. The minimum Gasteiger partial charge on any atom is -0.409 e. The van der Waals surface area contributed by atoms with E-state index in [-0.39, 0.29) is 11.3 Å². The van der Waals surface area contributed by atoms with E-state index < -0.39 is 11.3 Å². The Bertz CT molecular complexity index is 445. The molecular formula is C5HNO5. The normalized spacial score (nSPS) is 10.5. The summed E-state index contributed by atoms with van der Waals surface area (Å²) < 4.78 is 13.1. The molecular weight excluding hydrogens is 154 g/mol. The highest BCUT2D eigenvalue weighted by Crippen LogP contribution is 2.04. The fourth-order valence-corrected chi connectivity index (χ4v) is 0.625. The van der Waals surface area contributed by atoms with Gasteiger partial charge in [0, 0.05) is 0 Å². The van der Waals surface area contributed by atoms with Crippen molar-refractivity contribution in [1.29, 1.82) is 0 Å². The maximum absolute atomic E-state index is 10.5. The Morgan fingerprint density at radius 2 is 1.91 bits per heavy atom. The highest BCUT2D eigenvalue weighted by molar-refractivity contribution is 5.61. The van der Waals surface area contributed by atoms with Crippen LogP contribution in [0, 0.1) is 0 Å². The summed E-state index contributed by atoms with van der Waals surface area (Å²) in [5.74, 6) is 0. The van der Waals surface area contributed by atoms with Crippen molar-refractivity contribution in [2.75, 3.05) is 0 Å². The summed E-state index contributed by atoms with van der Waals surface area (Å²) in [6, 6.07) is 0. The number of fused-ring (bicyclic) bond motifs is 1. The number of rotatable bonds is 0. The molecule has 2 aromatic heterocycles. The molecule has 0 amide bonds. The van der Waals surface area contributed by atoms with Gasteiger partial charge in [0.1, 0.15) is 0 Å². The molecule has 6 heteroatoms. The van der Waals surface area contributed by atoms with Gasteiger partial charge in [0.15, 0.2) is 6.26 Å². The molecule has 6 nitrogen and oxygen atoms in total. The van der Waals surface area contributed by atoms with Crippen LogP contribution in [0.15, 0.2) is 29.2 Å². The summed E-state index contributed by atoms with van der Waals surface area (Å²) in [4.78, 5) is 21.0. The predicted molar refractivity (Wildman–Crippen MR) is 31.1 cm³/mol. The van der Waals surface area contributed by atoms with Crippen molar-refractivity contribution in [3.05, 3.63) is 27.1 Å². The summed E-state index contributed by atoms with van der Waals surface area (Å²) in [5, 5.41) is 3.25. The third-order valence-corrected chi connectivity index (χ3v) is 1.06. The Balaban J connectivity index is 3.09. The van der Waals surface area contributed by atoms with Crippen LogP contribution in [-0.4, -0.2) is 5.16 Å². The van der Waals surface area contributed by atoms with E-state index >= 15 is 0 Å². The molecule has 0 saturated heterocycles. The van der Waals surface area contributed by atoms with Crippen molar-refractivity contribution in [1.82, 2.24) is 5.16 Å². The van der Waals surface area contributed by atoms with Crippen LogP contribution < -0.4 is 11.3 Å². The molecule has 0 aliphatic rings. The van der Waals surface area contributed by atoms with Crippen LogP contribution in [0.4, 0.5) is 0 Å². The van der Waals surface area contributed by atoms with Crippen LogP contribution in [0.1, 0.15) is 0 Å². The molecule has 2 rings (SSSR count). The molecule has 0 aliphatic carbocycles. The Morgan fingerprint density at radius 1 is 1.18 bits per heavy atom. The second-order valence-corrected chi connectivity index (χ2v) is 1.76. The average Bonchev–Trinajstić information content (AvgIpc) is 2.36. The first-order chi connectivity index (χ1) is 5.27. The van der Waals surface area contributed by atoms with E-state index in [0.717, 1.165) is 6.26 Å². The lowest BCUT2D eigenvalue weighted by molar-refractivity contribution is 0.403. The van der Waals surface area contributed by atoms with Crippen molar-refractivity contribution in [3.8, 4) is 0 Å². The van der Waals surface area contributed by atoms with Crippen LogP contribution in [-0.2, 0) is 0 Å². The molecule has 0 aromatic carbocycles. The van der Waals surface area contributed by atoms with Gasteiger partial charge in [-0.15, -0.1) is 0 Å². The molecule has 0 aliphatic heterocycles. The Hall–Kier alpha value is -1.85. The van der Waals surface area contributed by atoms with Gasteiger partial charge >= 0.3 is 17.0 Å². The van der Waals surface area contributed by atoms with Crippen molar-refractivity contribution in [2.45, 2.75) is 0 Å². The SMILES string of the molecule is O=c1oc2conc2oc1=O. The smallest absolute Gasteiger partial charge is 0.409 e. The molecule has 0 N–H and O–H groups in total. The summed E-state index contributed by atoms with van der Waals surface area (Å²) in [6.45, 7) is 0. The maximum atomic E-state index is 10.5. The third-order valence-electron chi connectivity index (χ3n) is 1.06. The molecule has 0 unspecified atom stereocenters. The predicted octanol–water partition coefficient (Wildman–Crippen LogP) is -0.266. The van der Waals surface area contributed by atoms with Gasteiger partial charge in [-0.2, -0.15) is 0 Å². The molecule has 56 valence electrons. The number of hydrogen-bond donors (Lipinski definition) is 0. The Labute approximate surface area is 58.0 Å². The topological polar surface area (TPSA) is 86.4 Å². The van der Waals surface area contributed by atoms with E-state index in [2.05, 4.69) is 18.5 Å². The van der Waals surface area contributed by atoms with Crippen molar-refractivity contribution >= 4 is 11.3 Å².